The second-order valence-corrected chi connectivity index (χ2v) is 17.5. The van der Waals surface area contributed by atoms with E-state index in [2.05, 4.69) is 118 Å². The third kappa shape index (κ3) is 55.6. The lowest BCUT2D eigenvalue weighted by Crippen LogP contribution is -2.30. The zero-order valence-corrected chi connectivity index (χ0v) is 44.9. The first kappa shape index (κ1) is 65.8. The van der Waals surface area contributed by atoms with Gasteiger partial charge in [-0.2, -0.15) is 0 Å². The molecule has 0 radical (unpaired) electrons. The number of carbonyl (C=O) groups is 3. The third-order valence-electron chi connectivity index (χ3n) is 10.9. The molecule has 0 saturated carbocycles. The molecule has 6 heteroatoms. The molecule has 6 nitrogen and oxygen atoms in total. The lowest BCUT2D eigenvalue weighted by Gasteiger charge is -2.18. The van der Waals surface area contributed by atoms with Gasteiger partial charge in [0.1, 0.15) is 13.2 Å². The van der Waals surface area contributed by atoms with Gasteiger partial charge in [-0.15, -0.1) is 0 Å². The minimum atomic E-state index is -0.846. The Bertz CT molecular complexity index is 1690. The Kier molecular flexibility index (Phi) is 53.1. The second kappa shape index (κ2) is 57.3. The summed E-state index contributed by atoms with van der Waals surface area (Å²) in [5.74, 6) is -1.08. The topological polar surface area (TPSA) is 78.9 Å². The predicted molar refractivity (Wildman–Crippen MR) is 306 cm³/mol. The molecule has 0 aliphatic rings. The number of allylic oxidation sites excluding steroid dienone is 28. The number of carbonyl (C=O) groups excluding carboxylic acids is 3. The van der Waals surface area contributed by atoms with Crippen molar-refractivity contribution in [1.29, 1.82) is 0 Å². The number of rotatable bonds is 47. The van der Waals surface area contributed by atoms with Gasteiger partial charge >= 0.3 is 17.9 Å². The lowest BCUT2D eigenvalue weighted by molar-refractivity contribution is -0.166. The summed E-state index contributed by atoms with van der Waals surface area (Å²) in [5.41, 5.74) is 0. The van der Waals surface area contributed by atoms with Gasteiger partial charge in [-0.05, 0) is 109 Å². The summed E-state index contributed by atoms with van der Waals surface area (Å²) < 4.78 is 16.7. The van der Waals surface area contributed by atoms with Crippen LogP contribution >= 0.6 is 0 Å². The molecule has 394 valence electrons. The Labute approximate surface area is 434 Å². The average molecular weight is 975 g/mol. The zero-order valence-electron chi connectivity index (χ0n) is 44.9. The van der Waals surface area contributed by atoms with Crippen molar-refractivity contribution in [2.75, 3.05) is 13.2 Å². The first-order valence-electron chi connectivity index (χ1n) is 27.7. The summed E-state index contributed by atoms with van der Waals surface area (Å²) in [4.78, 5) is 38.1. The van der Waals surface area contributed by atoms with Crippen LogP contribution in [0.3, 0.4) is 0 Å². The van der Waals surface area contributed by atoms with Crippen molar-refractivity contribution < 1.29 is 28.6 Å². The van der Waals surface area contributed by atoms with Crippen LogP contribution in [0.25, 0.3) is 0 Å². The molecule has 0 aliphatic heterocycles. The van der Waals surface area contributed by atoms with Crippen LogP contribution in [-0.4, -0.2) is 37.2 Å². The molecule has 0 saturated heterocycles. The zero-order chi connectivity index (χ0) is 51.4. The van der Waals surface area contributed by atoms with E-state index in [1.165, 1.54) is 51.4 Å². The van der Waals surface area contributed by atoms with Crippen molar-refractivity contribution in [3.63, 3.8) is 0 Å². The van der Waals surface area contributed by atoms with E-state index in [4.69, 9.17) is 14.2 Å². The van der Waals surface area contributed by atoms with E-state index in [1.54, 1.807) is 0 Å². The molecular weight excluding hydrogens is 877 g/mol. The highest BCUT2D eigenvalue weighted by molar-refractivity contribution is 5.71. The lowest BCUT2D eigenvalue weighted by atomic mass is 10.1. The van der Waals surface area contributed by atoms with Gasteiger partial charge in [-0.25, -0.2) is 0 Å². The van der Waals surface area contributed by atoms with Gasteiger partial charge in [0.15, 0.2) is 6.10 Å². The van der Waals surface area contributed by atoms with Gasteiger partial charge in [0.25, 0.3) is 0 Å². The van der Waals surface area contributed by atoms with Gasteiger partial charge in [0.05, 0.1) is 0 Å². The van der Waals surface area contributed by atoms with E-state index in [9.17, 15) is 14.4 Å². The predicted octanol–water partition coefficient (Wildman–Crippen LogP) is 18.8. The molecule has 0 aromatic carbocycles. The van der Waals surface area contributed by atoms with Crippen LogP contribution in [0, 0.1) is 0 Å². The molecule has 1 unspecified atom stereocenters. The highest BCUT2D eigenvalue weighted by atomic mass is 16.6. The molecule has 71 heavy (non-hydrogen) atoms. The molecule has 0 amide bonds. The Morgan fingerprint density at radius 1 is 0.310 bits per heavy atom. The molecule has 1 atom stereocenters. The van der Waals surface area contributed by atoms with Gasteiger partial charge in [-0.1, -0.05) is 242 Å². The van der Waals surface area contributed by atoms with Crippen LogP contribution in [0.5, 0.6) is 0 Å². The van der Waals surface area contributed by atoms with Crippen molar-refractivity contribution in [2.45, 2.75) is 207 Å². The van der Waals surface area contributed by atoms with Crippen LogP contribution in [0.1, 0.15) is 201 Å². The molecule has 0 rings (SSSR count). The molecule has 0 fully saturated rings. The van der Waals surface area contributed by atoms with E-state index in [-0.39, 0.29) is 44.0 Å². The van der Waals surface area contributed by atoms with Gasteiger partial charge in [0, 0.05) is 19.3 Å². The SMILES string of the molecule is CC\C=C/C=C\C=C/C=C\C=C\C=C/CCCCCC(=O)OC(COC(=O)CC/C=C\C/C=C\C/C=C\C/C=C\C/C=C\C/C=C\CC)COC(=O)CCCCCCCCC/C=C\C/C=C\CCCCC. The van der Waals surface area contributed by atoms with Gasteiger partial charge in [0.2, 0.25) is 0 Å². The Morgan fingerprint density at radius 2 is 0.648 bits per heavy atom. The van der Waals surface area contributed by atoms with Gasteiger partial charge < -0.3 is 14.2 Å². The van der Waals surface area contributed by atoms with Gasteiger partial charge in [-0.3, -0.25) is 14.4 Å². The maximum atomic E-state index is 12.8. The average Bonchev–Trinajstić information content (AvgIpc) is 3.37. The maximum Gasteiger partial charge on any atom is 0.306 e. The van der Waals surface area contributed by atoms with Crippen molar-refractivity contribution in [1.82, 2.24) is 0 Å². The molecule has 0 N–H and O–H groups in total. The number of hydrogen-bond acceptors (Lipinski definition) is 6. The molecule has 0 aromatic rings. The van der Waals surface area contributed by atoms with Crippen LogP contribution < -0.4 is 0 Å². The highest BCUT2D eigenvalue weighted by Gasteiger charge is 2.19. The van der Waals surface area contributed by atoms with E-state index >= 15 is 0 Å². The Balaban J connectivity index is 4.65. The molecule has 0 aromatic heterocycles. The fourth-order valence-corrected chi connectivity index (χ4v) is 6.76. The highest BCUT2D eigenvalue weighted by Crippen LogP contribution is 2.12. The number of hydrogen-bond donors (Lipinski definition) is 0. The smallest absolute Gasteiger partial charge is 0.306 e. The van der Waals surface area contributed by atoms with Crippen molar-refractivity contribution in [2.24, 2.45) is 0 Å². The first-order chi connectivity index (χ1) is 35.0. The number of unbranched alkanes of at least 4 members (excludes halogenated alkanes) is 13. The Hall–Kier alpha value is -5.23. The maximum absolute atomic E-state index is 12.8. The van der Waals surface area contributed by atoms with E-state index in [1.807, 2.05) is 72.9 Å². The fraction of sp³-hybridized carbons (Fsp3) is 0.523. The second-order valence-electron chi connectivity index (χ2n) is 17.5. The Morgan fingerprint density at radius 3 is 1.13 bits per heavy atom. The number of esters is 3. The normalized spacial score (nSPS) is 13.5. The van der Waals surface area contributed by atoms with Crippen LogP contribution in [0.15, 0.2) is 170 Å². The summed E-state index contributed by atoms with van der Waals surface area (Å²) >= 11 is 0. The van der Waals surface area contributed by atoms with Crippen molar-refractivity contribution in [3.05, 3.63) is 170 Å². The van der Waals surface area contributed by atoms with Crippen molar-refractivity contribution in [3.8, 4) is 0 Å². The van der Waals surface area contributed by atoms with E-state index in [0.717, 1.165) is 96.3 Å². The molecular formula is C65H98O6. The van der Waals surface area contributed by atoms with Crippen LogP contribution in [-0.2, 0) is 28.6 Å². The van der Waals surface area contributed by atoms with Crippen LogP contribution in [0.2, 0.25) is 0 Å². The number of ether oxygens (including phenoxy) is 3. The molecule has 0 heterocycles. The monoisotopic (exact) mass is 975 g/mol. The fourth-order valence-electron chi connectivity index (χ4n) is 6.76. The largest absolute Gasteiger partial charge is 0.462 e. The minimum absolute atomic E-state index is 0.133. The quantitative estimate of drug-likeness (QED) is 0.0199. The van der Waals surface area contributed by atoms with Crippen LogP contribution in [0.4, 0.5) is 0 Å². The first-order valence-corrected chi connectivity index (χ1v) is 27.7. The summed E-state index contributed by atoms with van der Waals surface area (Å²) in [5, 5.41) is 0. The summed E-state index contributed by atoms with van der Waals surface area (Å²) in [6, 6.07) is 0. The molecule has 0 bridgehead atoms. The summed E-state index contributed by atoms with van der Waals surface area (Å²) in [6.07, 6.45) is 84.9. The molecule has 0 aliphatic carbocycles. The third-order valence-corrected chi connectivity index (χ3v) is 10.9. The minimum Gasteiger partial charge on any atom is -0.462 e. The van der Waals surface area contributed by atoms with Crippen molar-refractivity contribution >= 4 is 17.9 Å². The summed E-state index contributed by atoms with van der Waals surface area (Å²) in [6.45, 7) is 6.22. The molecule has 0 spiro atoms. The summed E-state index contributed by atoms with van der Waals surface area (Å²) in [7, 11) is 0. The van der Waals surface area contributed by atoms with E-state index in [0.29, 0.717) is 19.3 Å². The van der Waals surface area contributed by atoms with E-state index < -0.39 is 6.10 Å². The standard InChI is InChI=1S/C65H98O6/c1-4-7-10-13-16-19-22-25-28-31-32-35-37-40-43-46-49-52-55-58-64(67)70-61-62(71-65(68)59-56-53-50-47-44-41-38-34-30-27-24-21-18-15-12-9-6-3)60-69-63(66)57-54-51-48-45-42-39-36-33-29-26-23-20-17-14-11-8-5-2/h7,9-10,12,15-21,24-30,32,34-35,38,40-41,43-44,49,52,62H,4-6,8,11,13-14,22-23,31,33,36-37,39,42,45-48,50-51,53-61H2,1-3H3/b10-7-,12-9-,18-15-,19-16-,20-17-,24-21-,28-25-,29-26-,30-27-,35-32-,38-34+,43-40-,44-41-,52-49-.